The highest BCUT2D eigenvalue weighted by molar-refractivity contribution is 6.30. The predicted molar refractivity (Wildman–Crippen MR) is 156 cm³/mol. The molecule has 0 saturated carbocycles. The molecule has 1 unspecified atom stereocenters. The summed E-state index contributed by atoms with van der Waals surface area (Å²) in [6.45, 7) is 5.35. The van der Waals surface area contributed by atoms with Gasteiger partial charge in [0.2, 0.25) is 0 Å². The highest BCUT2D eigenvalue weighted by Crippen LogP contribution is 2.31. The lowest BCUT2D eigenvalue weighted by molar-refractivity contribution is 0.0949. The Hall–Kier alpha value is -3.42. The Balaban J connectivity index is 1.51. The monoisotopic (exact) mass is 553 g/mol. The second-order valence-electron chi connectivity index (χ2n) is 9.16. The lowest BCUT2D eigenvalue weighted by Gasteiger charge is -2.27. The Bertz CT molecular complexity index is 1220. The highest BCUT2D eigenvalue weighted by Gasteiger charge is 2.22. The molecule has 7 nitrogen and oxygen atoms in total. The number of rotatable bonds is 8. The molecule has 3 aromatic rings. The van der Waals surface area contributed by atoms with Crippen LogP contribution in [0.15, 0.2) is 72.8 Å². The fourth-order valence-corrected chi connectivity index (χ4v) is 4.86. The van der Waals surface area contributed by atoms with Gasteiger partial charge in [0, 0.05) is 55.4 Å². The van der Waals surface area contributed by atoms with E-state index in [9.17, 15) is 9.59 Å². The molecule has 0 spiro atoms. The van der Waals surface area contributed by atoms with Crippen LogP contribution in [0.25, 0.3) is 0 Å². The molecule has 0 aromatic heterocycles. The summed E-state index contributed by atoms with van der Waals surface area (Å²) < 4.78 is 0. The fourth-order valence-electron chi connectivity index (χ4n) is 4.46. The largest absolute Gasteiger partial charge is 0.368 e. The molecule has 1 saturated heterocycles. The van der Waals surface area contributed by atoms with Gasteiger partial charge in [0.15, 0.2) is 0 Å². The van der Waals surface area contributed by atoms with Crippen LogP contribution >= 0.6 is 23.2 Å². The molecule has 0 radical (unpaired) electrons. The third kappa shape index (κ3) is 7.55. The SMILES string of the molecule is CCNC(=O)N1CCCN(c2ccc(C(=O)NC(Cl)Cc3ccc(Cl)cc3)cc2Nc2ccccc2)CC1. The Morgan fingerprint density at radius 3 is 2.45 bits per heavy atom. The predicted octanol–water partition coefficient (Wildman–Crippen LogP) is 5.86. The second kappa shape index (κ2) is 13.4. The molecular weight excluding hydrogens is 521 g/mol. The maximum atomic E-state index is 13.1. The van der Waals surface area contributed by atoms with E-state index in [2.05, 4.69) is 20.9 Å². The molecule has 9 heteroatoms. The van der Waals surface area contributed by atoms with Crippen molar-refractivity contribution in [1.82, 2.24) is 15.5 Å². The fraction of sp³-hybridized carbons (Fsp3) is 0.310. The quantitative estimate of drug-likeness (QED) is 0.241. The van der Waals surface area contributed by atoms with Crippen molar-refractivity contribution in [3.05, 3.63) is 88.9 Å². The number of amides is 3. The molecule has 0 aliphatic carbocycles. The van der Waals surface area contributed by atoms with E-state index in [0.717, 1.165) is 35.6 Å². The van der Waals surface area contributed by atoms with E-state index in [1.165, 1.54) is 0 Å². The summed E-state index contributed by atoms with van der Waals surface area (Å²) in [6.07, 6.45) is 1.33. The van der Waals surface area contributed by atoms with Gasteiger partial charge < -0.3 is 25.8 Å². The topological polar surface area (TPSA) is 76.7 Å². The first-order valence-corrected chi connectivity index (χ1v) is 13.7. The summed E-state index contributed by atoms with van der Waals surface area (Å²) in [5.41, 5.74) is 3.64. The van der Waals surface area contributed by atoms with Crippen LogP contribution in [0.2, 0.25) is 5.02 Å². The van der Waals surface area contributed by atoms with Gasteiger partial charge in [-0.15, -0.1) is 0 Å². The number of alkyl halides is 1. The molecule has 0 bridgehead atoms. The van der Waals surface area contributed by atoms with Crippen LogP contribution in [-0.2, 0) is 6.42 Å². The summed E-state index contributed by atoms with van der Waals surface area (Å²) in [5, 5.41) is 9.91. The van der Waals surface area contributed by atoms with Gasteiger partial charge in [0.25, 0.3) is 5.91 Å². The van der Waals surface area contributed by atoms with Crippen LogP contribution in [0.3, 0.4) is 0 Å². The lowest BCUT2D eigenvalue weighted by Crippen LogP contribution is -2.42. The number of hydrogen-bond acceptors (Lipinski definition) is 4. The molecule has 200 valence electrons. The molecule has 3 aromatic carbocycles. The zero-order valence-electron chi connectivity index (χ0n) is 21.4. The number of nitrogens with one attached hydrogen (secondary N) is 3. The number of hydrogen-bond donors (Lipinski definition) is 3. The Morgan fingerprint density at radius 2 is 1.71 bits per heavy atom. The zero-order valence-corrected chi connectivity index (χ0v) is 22.9. The highest BCUT2D eigenvalue weighted by atomic mass is 35.5. The Labute approximate surface area is 234 Å². The number of benzene rings is 3. The first kappa shape index (κ1) is 27.6. The first-order valence-electron chi connectivity index (χ1n) is 12.9. The minimum atomic E-state index is -0.570. The summed E-state index contributed by atoms with van der Waals surface area (Å²) >= 11 is 12.4. The van der Waals surface area contributed by atoms with Gasteiger partial charge in [-0.1, -0.05) is 53.5 Å². The molecule has 4 rings (SSSR count). The van der Waals surface area contributed by atoms with Crippen molar-refractivity contribution in [3.63, 3.8) is 0 Å². The lowest BCUT2D eigenvalue weighted by atomic mass is 10.1. The van der Waals surface area contributed by atoms with Crippen LogP contribution < -0.4 is 20.9 Å². The van der Waals surface area contributed by atoms with E-state index in [1.54, 1.807) is 12.1 Å². The molecule has 1 fully saturated rings. The van der Waals surface area contributed by atoms with Crippen LogP contribution in [0.5, 0.6) is 0 Å². The van der Waals surface area contributed by atoms with E-state index < -0.39 is 5.50 Å². The van der Waals surface area contributed by atoms with Gasteiger partial charge >= 0.3 is 6.03 Å². The molecule has 3 amide bonds. The average molecular weight is 555 g/mol. The maximum absolute atomic E-state index is 13.1. The molecule has 1 heterocycles. The van der Waals surface area contributed by atoms with Crippen molar-refractivity contribution < 1.29 is 9.59 Å². The van der Waals surface area contributed by atoms with E-state index in [-0.39, 0.29) is 11.9 Å². The van der Waals surface area contributed by atoms with Crippen molar-refractivity contribution in [2.24, 2.45) is 0 Å². The summed E-state index contributed by atoms with van der Waals surface area (Å²) in [6, 6.07) is 22.9. The van der Waals surface area contributed by atoms with Crippen LogP contribution in [0.1, 0.15) is 29.3 Å². The molecular formula is C29H33Cl2N5O2. The van der Waals surface area contributed by atoms with Gasteiger partial charge in [0.1, 0.15) is 5.50 Å². The minimum Gasteiger partial charge on any atom is -0.368 e. The van der Waals surface area contributed by atoms with E-state index in [4.69, 9.17) is 23.2 Å². The molecule has 1 atom stereocenters. The van der Waals surface area contributed by atoms with Crippen LogP contribution in [0, 0.1) is 0 Å². The first-order chi connectivity index (χ1) is 18.4. The van der Waals surface area contributed by atoms with Gasteiger partial charge in [-0.2, -0.15) is 0 Å². The third-order valence-electron chi connectivity index (χ3n) is 6.38. The standard InChI is InChI=1S/C29H33Cl2N5O2/c1-2-32-29(38)36-16-6-15-35(17-18-36)26-14-11-22(20-25(26)33-24-7-4-3-5-8-24)28(37)34-27(31)19-21-9-12-23(30)13-10-21/h3-5,7-14,20,27,33H,2,6,15-19H2,1H3,(H,32,38)(H,34,37). The summed E-state index contributed by atoms with van der Waals surface area (Å²) in [4.78, 5) is 29.6. The number of para-hydroxylation sites is 1. The van der Waals surface area contributed by atoms with Crippen LogP contribution in [-0.4, -0.2) is 55.1 Å². The Kier molecular flexibility index (Phi) is 9.73. The van der Waals surface area contributed by atoms with Crippen molar-refractivity contribution >= 4 is 52.2 Å². The zero-order chi connectivity index (χ0) is 26.9. The normalized spacial score (nSPS) is 14.4. The van der Waals surface area contributed by atoms with Gasteiger partial charge in [-0.3, -0.25) is 4.79 Å². The van der Waals surface area contributed by atoms with E-state index >= 15 is 0 Å². The smallest absolute Gasteiger partial charge is 0.317 e. The minimum absolute atomic E-state index is 0.0294. The maximum Gasteiger partial charge on any atom is 0.317 e. The number of anilines is 3. The number of carbonyl (C=O) groups excluding carboxylic acids is 2. The van der Waals surface area contributed by atoms with Crippen LogP contribution in [0.4, 0.5) is 21.9 Å². The molecule has 1 aliphatic rings. The van der Waals surface area contributed by atoms with Crippen molar-refractivity contribution in [1.29, 1.82) is 0 Å². The van der Waals surface area contributed by atoms with Crippen molar-refractivity contribution in [2.75, 3.05) is 42.9 Å². The average Bonchev–Trinajstić information content (AvgIpc) is 3.17. The number of nitrogens with zero attached hydrogens (tertiary/aromatic N) is 2. The summed E-state index contributed by atoms with van der Waals surface area (Å²) in [5.74, 6) is -0.250. The summed E-state index contributed by atoms with van der Waals surface area (Å²) in [7, 11) is 0. The van der Waals surface area contributed by atoms with E-state index in [1.807, 2.05) is 72.5 Å². The Morgan fingerprint density at radius 1 is 0.947 bits per heavy atom. The number of halogens is 2. The van der Waals surface area contributed by atoms with Gasteiger partial charge in [0.05, 0.1) is 11.4 Å². The number of carbonyl (C=O) groups is 2. The number of urea groups is 1. The second-order valence-corrected chi connectivity index (χ2v) is 10.1. The molecule has 1 aliphatic heterocycles. The molecule has 3 N–H and O–H groups in total. The third-order valence-corrected chi connectivity index (χ3v) is 6.89. The van der Waals surface area contributed by atoms with E-state index in [0.29, 0.717) is 43.2 Å². The van der Waals surface area contributed by atoms with Gasteiger partial charge in [-0.25, -0.2) is 4.79 Å². The molecule has 38 heavy (non-hydrogen) atoms. The van der Waals surface area contributed by atoms with Gasteiger partial charge in [-0.05, 0) is 61.4 Å². The van der Waals surface area contributed by atoms with Crippen molar-refractivity contribution in [2.45, 2.75) is 25.3 Å². The van der Waals surface area contributed by atoms with Crippen molar-refractivity contribution in [3.8, 4) is 0 Å².